The molecule has 18 heavy (non-hydrogen) atoms. The van der Waals surface area contributed by atoms with Crippen molar-refractivity contribution >= 4 is 5.97 Å². The lowest BCUT2D eigenvalue weighted by Gasteiger charge is -2.27. The third-order valence-corrected chi connectivity index (χ3v) is 4.38. The molecular formula is C15H23NO2. The molecule has 0 atom stereocenters. The van der Waals surface area contributed by atoms with E-state index in [-0.39, 0.29) is 0 Å². The second kappa shape index (κ2) is 5.17. The SMILES string of the molecule is Cc1cc(C(=O)O)c(C)n1CC1CCC(C)CC1. The van der Waals surface area contributed by atoms with Gasteiger partial charge in [-0.1, -0.05) is 19.8 Å². The van der Waals surface area contributed by atoms with Crippen LogP contribution >= 0.6 is 0 Å². The van der Waals surface area contributed by atoms with Gasteiger partial charge in [0.15, 0.2) is 0 Å². The first-order chi connectivity index (χ1) is 8.49. The highest BCUT2D eigenvalue weighted by atomic mass is 16.4. The molecule has 3 nitrogen and oxygen atoms in total. The topological polar surface area (TPSA) is 42.2 Å². The maximum Gasteiger partial charge on any atom is 0.337 e. The number of carbonyl (C=O) groups is 1. The summed E-state index contributed by atoms with van der Waals surface area (Å²) in [6, 6.07) is 1.79. The highest BCUT2D eigenvalue weighted by Crippen LogP contribution is 2.30. The van der Waals surface area contributed by atoms with E-state index >= 15 is 0 Å². The Morgan fingerprint density at radius 3 is 2.44 bits per heavy atom. The summed E-state index contributed by atoms with van der Waals surface area (Å²) < 4.78 is 2.18. The number of hydrogen-bond acceptors (Lipinski definition) is 1. The van der Waals surface area contributed by atoms with Crippen LogP contribution in [0, 0.1) is 25.7 Å². The summed E-state index contributed by atoms with van der Waals surface area (Å²) in [6.45, 7) is 7.23. The number of aromatic carboxylic acids is 1. The fraction of sp³-hybridized carbons (Fsp3) is 0.667. The molecule has 1 aromatic rings. The molecule has 1 fully saturated rings. The average molecular weight is 249 g/mol. The first kappa shape index (κ1) is 13.2. The van der Waals surface area contributed by atoms with Crippen molar-refractivity contribution in [3.8, 4) is 0 Å². The Balaban J connectivity index is 2.12. The quantitative estimate of drug-likeness (QED) is 0.888. The van der Waals surface area contributed by atoms with Crippen LogP contribution in [0.2, 0.25) is 0 Å². The smallest absolute Gasteiger partial charge is 0.337 e. The van der Waals surface area contributed by atoms with Gasteiger partial charge in [0, 0.05) is 17.9 Å². The predicted molar refractivity (Wildman–Crippen MR) is 72.0 cm³/mol. The number of rotatable bonds is 3. The standard InChI is InChI=1S/C15H23NO2/c1-10-4-6-13(7-5-10)9-16-11(2)8-14(12(16)3)15(17)18/h8,10,13H,4-7,9H2,1-3H3,(H,17,18). The maximum atomic E-state index is 11.1. The van der Waals surface area contributed by atoms with Crippen molar-refractivity contribution < 1.29 is 9.90 Å². The number of carboxylic acids is 1. The molecule has 1 aliphatic rings. The third-order valence-electron chi connectivity index (χ3n) is 4.38. The monoisotopic (exact) mass is 249 g/mol. The van der Waals surface area contributed by atoms with E-state index in [0.29, 0.717) is 11.5 Å². The largest absolute Gasteiger partial charge is 0.478 e. The van der Waals surface area contributed by atoms with Gasteiger partial charge in [-0.3, -0.25) is 0 Å². The normalized spacial score (nSPS) is 24.2. The van der Waals surface area contributed by atoms with Gasteiger partial charge in [-0.25, -0.2) is 4.79 Å². The van der Waals surface area contributed by atoms with Crippen LogP contribution in [0.1, 0.15) is 54.4 Å². The van der Waals surface area contributed by atoms with E-state index in [4.69, 9.17) is 5.11 Å². The van der Waals surface area contributed by atoms with Crippen LogP contribution < -0.4 is 0 Å². The van der Waals surface area contributed by atoms with Gasteiger partial charge in [0.25, 0.3) is 0 Å². The first-order valence-corrected chi connectivity index (χ1v) is 6.89. The van der Waals surface area contributed by atoms with E-state index < -0.39 is 5.97 Å². The number of aromatic nitrogens is 1. The Morgan fingerprint density at radius 1 is 1.33 bits per heavy atom. The highest BCUT2D eigenvalue weighted by molar-refractivity contribution is 5.89. The van der Waals surface area contributed by atoms with E-state index in [1.54, 1.807) is 6.07 Å². The second-order valence-corrected chi connectivity index (χ2v) is 5.83. The minimum atomic E-state index is -0.813. The molecule has 1 aromatic heterocycles. The molecule has 0 spiro atoms. The lowest BCUT2D eigenvalue weighted by atomic mass is 9.83. The molecule has 100 valence electrons. The molecule has 3 heteroatoms. The van der Waals surface area contributed by atoms with Crippen LogP contribution in [0.25, 0.3) is 0 Å². The first-order valence-electron chi connectivity index (χ1n) is 6.89. The van der Waals surface area contributed by atoms with E-state index in [1.807, 2.05) is 13.8 Å². The van der Waals surface area contributed by atoms with Crippen LogP contribution in [0.15, 0.2) is 6.07 Å². The van der Waals surface area contributed by atoms with Crippen molar-refractivity contribution in [2.24, 2.45) is 11.8 Å². The van der Waals surface area contributed by atoms with Crippen LogP contribution in [0.5, 0.6) is 0 Å². The van der Waals surface area contributed by atoms with Gasteiger partial charge < -0.3 is 9.67 Å². The third kappa shape index (κ3) is 2.60. The van der Waals surface area contributed by atoms with E-state index in [1.165, 1.54) is 25.7 Å². The van der Waals surface area contributed by atoms with Crippen molar-refractivity contribution in [1.29, 1.82) is 0 Å². The lowest BCUT2D eigenvalue weighted by molar-refractivity contribution is 0.0696. The molecule has 0 amide bonds. The van der Waals surface area contributed by atoms with Crippen LogP contribution in [-0.2, 0) is 6.54 Å². The van der Waals surface area contributed by atoms with Crippen molar-refractivity contribution in [3.05, 3.63) is 23.0 Å². The van der Waals surface area contributed by atoms with Gasteiger partial charge in [0.1, 0.15) is 0 Å². The van der Waals surface area contributed by atoms with Gasteiger partial charge in [0.2, 0.25) is 0 Å². The molecule has 2 rings (SSSR count). The molecule has 1 N–H and O–H groups in total. The lowest BCUT2D eigenvalue weighted by Crippen LogP contribution is -2.19. The average Bonchev–Trinajstić information content (AvgIpc) is 2.60. The van der Waals surface area contributed by atoms with Crippen LogP contribution in [0.4, 0.5) is 0 Å². The summed E-state index contributed by atoms with van der Waals surface area (Å²) in [5, 5.41) is 9.13. The summed E-state index contributed by atoms with van der Waals surface area (Å²) >= 11 is 0. The number of hydrogen-bond donors (Lipinski definition) is 1. The second-order valence-electron chi connectivity index (χ2n) is 5.83. The zero-order valence-corrected chi connectivity index (χ0v) is 11.6. The zero-order valence-electron chi connectivity index (χ0n) is 11.6. The molecule has 0 radical (unpaired) electrons. The van der Waals surface area contributed by atoms with Crippen molar-refractivity contribution in [2.75, 3.05) is 0 Å². The van der Waals surface area contributed by atoms with E-state index in [2.05, 4.69) is 11.5 Å². The van der Waals surface area contributed by atoms with Crippen molar-refractivity contribution in [2.45, 2.75) is 53.0 Å². The molecule has 0 aliphatic heterocycles. The van der Waals surface area contributed by atoms with Gasteiger partial charge in [-0.15, -0.1) is 0 Å². The van der Waals surface area contributed by atoms with Gasteiger partial charge in [-0.2, -0.15) is 0 Å². The minimum absolute atomic E-state index is 0.455. The summed E-state index contributed by atoms with van der Waals surface area (Å²) in [4.78, 5) is 11.1. The minimum Gasteiger partial charge on any atom is -0.478 e. The molecule has 1 saturated carbocycles. The van der Waals surface area contributed by atoms with Gasteiger partial charge in [-0.05, 0) is 44.6 Å². The van der Waals surface area contributed by atoms with Gasteiger partial charge in [0.05, 0.1) is 5.56 Å². The Hall–Kier alpha value is -1.25. The van der Waals surface area contributed by atoms with Crippen LogP contribution in [-0.4, -0.2) is 15.6 Å². The molecule has 0 aromatic carbocycles. The van der Waals surface area contributed by atoms with Crippen molar-refractivity contribution in [3.63, 3.8) is 0 Å². The number of nitrogens with zero attached hydrogens (tertiary/aromatic N) is 1. The molecule has 1 aliphatic carbocycles. The maximum absolute atomic E-state index is 11.1. The fourth-order valence-electron chi connectivity index (χ4n) is 3.07. The number of carboxylic acid groups (broad SMARTS) is 1. The van der Waals surface area contributed by atoms with Gasteiger partial charge >= 0.3 is 5.97 Å². The summed E-state index contributed by atoms with van der Waals surface area (Å²) in [5.74, 6) is 0.766. The predicted octanol–water partition coefficient (Wildman–Crippen LogP) is 3.63. The summed E-state index contributed by atoms with van der Waals surface area (Å²) in [7, 11) is 0. The Labute approximate surface area is 109 Å². The highest BCUT2D eigenvalue weighted by Gasteiger charge is 2.21. The Kier molecular flexibility index (Phi) is 3.79. The van der Waals surface area contributed by atoms with Crippen molar-refractivity contribution in [1.82, 2.24) is 4.57 Å². The van der Waals surface area contributed by atoms with E-state index in [9.17, 15) is 4.79 Å². The Morgan fingerprint density at radius 2 is 1.94 bits per heavy atom. The molecular weight excluding hydrogens is 226 g/mol. The zero-order chi connectivity index (χ0) is 13.3. The Bertz CT molecular complexity index is 440. The fourth-order valence-corrected chi connectivity index (χ4v) is 3.07. The summed E-state index contributed by atoms with van der Waals surface area (Å²) in [6.07, 6.45) is 5.19. The molecule has 1 heterocycles. The summed E-state index contributed by atoms with van der Waals surface area (Å²) in [5.41, 5.74) is 2.43. The van der Waals surface area contributed by atoms with Crippen LogP contribution in [0.3, 0.4) is 0 Å². The number of aryl methyl sites for hydroxylation is 1. The molecule has 0 unspecified atom stereocenters. The van der Waals surface area contributed by atoms with E-state index in [0.717, 1.165) is 23.9 Å². The molecule has 0 saturated heterocycles. The molecule has 0 bridgehead atoms.